The van der Waals surface area contributed by atoms with Crippen LogP contribution in [0.4, 0.5) is 4.39 Å². The van der Waals surface area contributed by atoms with Crippen molar-refractivity contribution in [1.29, 1.82) is 0 Å². The molecule has 0 spiro atoms. The molecule has 0 unspecified atom stereocenters. The van der Waals surface area contributed by atoms with Crippen molar-refractivity contribution >= 4 is 15.9 Å². The standard InChI is InChI=1S/C20H25FN2O3S/c1-15(2)14-16-8-10-17(11-9-16)27(25,26)23-13-5-12-22-20(24)18-6-3-4-7-19(18)21/h3-4,6-11,15,23H,5,12-14H2,1-2H3,(H,22,24). The molecular weight excluding hydrogens is 367 g/mol. The van der Waals surface area contributed by atoms with Crippen LogP contribution in [0.1, 0.15) is 36.2 Å². The van der Waals surface area contributed by atoms with Gasteiger partial charge in [-0.05, 0) is 48.6 Å². The van der Waals surface area contributed by atoms with Gasteiger partial charge in [-0.2, -0.15) is 0 Å². The average molecular weight is 392 g/mol. The molecule has 27 heavy (non-hydrogen) atoms. The van der Waals surface area contributed by atoms with E-state index in [0.717, 1.165) is 12.0 Å². The molecule has 0 bridgehead atoms. The van der Waals surface area contributed by atoms with Gasteiger partial charge in [0.05, 0.1) is 10.5 Å². The SMILES string of the molecule is CC(C)Cc1ccc(S(=O)(=O)NCCCNC(=O)c2ccccc2F)cc1. The van der Waals surface area contributed by atoms with E-state index in [1.165, 1.54) is 18.2 Å². The molecule has 1 amide bonds. The Bertz CT molecular complexity index is 865. The Morgan fingerprint density at radius 1 is 1.04 bits per heavy atom. The van der Waals surface area contributed by atoms with Crippen molar-refractivity contribution < 1.29 is 17.6 Å². The molecule has 7 heteroatoms. The lowest BCUT2D eigenvalue weighted by Crippen LogP contribution is -2.30. The Morgan fingerprint density at radius 3 is 2.33 bits per heavy atom. The van der Waals surface area contributed by atoms with Crippen molar-refractivity contribution in [2.75, 3.05) is 13.1 Å². The van der Waals surface area contributed by atoms with Crippen LogP contribution in [-0.4, -0.2) is 27.4 Å². The van der Waals surface area contributed by atoms with Crippen LogP contribution in [-0.2, 0) is 16.4 Å². The second-order valence-corrected chi connectivity index (χ2v) is 8.50. The lowest BCUT2D eigenvalue weighted by Gasteiger charge is -2.09. The zero-order valence-corrected chi connectivity index (χ0v) is 16.4. The molecule has 0 saturated carbocycles. The summed E-state index contributed by atoms with van der Waals surface area (Å²) in [5.74, 6) is -0.599. The fraction of sp³-hybridized carbons (Fsp3) is 0.350. The van der Waals surface area contributed by atoms with Crippen LogP contribution in [0.3, 0.4) is 0 Å². The van der Waals surface area contributed by atoms with E-state index in [4.69, 9.17) is 0 Å². The zero-order valence-electron chi connectivity index (χ0n) is 15.5. The van der Waals surface area contributed by atoms with Gasteiger partial charge in [0.15, 0.2) is 0 Å². The molecular formula is C20H25FN2O3S. The number of sulfonamides is 1. The molecule has 2 aromatic rings. The van der Waals surface area contributed by atoms with E-state index in [1.807, 2.05) is 12.1 Å². The van der Waals surface area contributed by atoms with Crippen molar-refractivity contribution in [3.63, 3.8) is 0 Å². The summed E-state index contributed by atoms with van der Waals surface area (Å²) in [6, 6.07) is 12.5. The molecule has 146 valence electrons. The summed E-state index contributed by atoms with van der Waals surface area (Å²) in [5, 5.41) is 2.58. The average Bonchev–Trinajstić information content (AvgIpc) is 2.61. The highest BCUT2D eigenvalue weighted by molar-refractivity contribution is 7.89. The number of halogens is 1. The van der Waals surface area contributed by atoms with Gasteiger partial charge in [-0.15, -0.1) is 0 Å². The molecule has 5 nitrogen and oxygen atoms in total. The van der Waals surface area contributed by atoms with E-state index in [9.17, 15) is 17.6 Å². The first kappa shape index (κ1) is 21.1. The fourth-order valence-corrected chi connectivity index (χ4v) is 3.67. The van der Waals surface area contributed by atoms with Gasteiger partial charge in [0.1, 0.15) is 5.82 Å². The van der Waals surface area contributed by atoms with Crippen LogP contribution in [0.2, 0.25) is 0 Å². The Morgan fingerprint density at radius 2 is 1.70 bits per heavy atom. The van der Waals surface area contributed by atoms with Crippen molar-refractivity contribution in [3.05, 3.63) is 65.5 Å². The minimum Gasteiger partial charge on any atom is -0.352 e. The third-order valence-corrected chi connectivity index (χ3v) is 5.40. The Balaban J connectivity index is 1.79. The number of benzene rings is 2. The van der Waals surface area contributed by atoms with Crippen molar-refractivity contribution in [3.8, 4) is 0 Å². The summed E-state index contributed by atoms with van der Waals surface area (Å²) in [6.45, 7) is 4.63. The van der Waals surface area contributed by atoms with Crippen LogP contribution < -0.4 is 10.0 Å². The maximum atomic E-state index is 13.5. The first-order chi connectivity index (χ1) is 12.8. The molecule has 0 saturated heterocycles. The van der Waals surface area contributed by atoms with Gasteiger partial charge in [0.25, 0.3) is 5.91 Å². The highest BCUT2D eigenvalue weighted by Gasteiger charge is 2.14. The lowest BCUT2D eigenvalue weighted by molar-refractivity contribution is 0.0949. The monoisotopic (exact) mass is 392 g/mol. The second kappa shape index (κ2) is 9.62. The third kappa shape index (κ3) is 6.45. The summed E-state index contributed by atoms with van der Waals surface area (Å²) in [7, 11) is -3.59. The highest BCUT2D eigenvalue weighted by Crippen LogP contribution is 2.13. The predicted octanol–water partition coefficient (Wildman–Crippen LogP) is 3.12. The van der Waals surface area contributed by atoms with E-state index in [1.54, 1.807) is 18.2 Å². The van der Waals surface area contributed by atoms with E-state index in [2.05, 4.69) is 23.9 Å². The molecule has 0 radical (unpaired) electrons. The van der Waals surface area contributed by atoms with Crippen LogP contribution in [0.5, 0.6) is 0 Å². The van der Waals surface area contributed by atoms with Gasteiger partial charge < -0.3 is 5.32 Å². The second-order valence-electron chi connectivity index (χ2n) is 6.73. The molecule has 0 heterocycles. The molecule has 2 N–H and O–H groups in total. The van der Waals surface area contributed by atoms with Gasteiger partial charge in [-0.1, -0.05) is 38.1 Å². The predicted molar refractivity (Wildman–Crippen MR) is 104 cm³/mol. The Labute approximate surface area is 160 Å². The molecule has 0 aliphatic heterocycles. The maximum Gasteiger partial charge on any atom is 0.254 e. The summed E-state index contributed by atoms with van der Waals surface area (Å²) in [6.07, 6.45) is 1.29. The number of rotatable bonds is 9. The maximum absolute atomic E-state index is 13.5. The topological polar surface area (TPSA) is 75.3 Å². The molecule has 0 aliphatic rings. The van der Waals surface area contributed by atoms with Crippen molar-refractivity contribution in [2.24, 2.45) is 5.92 Å². The minimum atomic E-state index is -3.59. The first-order valence-corrected chi connectivity index (χ1v) is 10.4. The molecule has 2 rings (SSSR count). The first-order valence-electron chi connectivity index (χ1n) is 8.91. The van der Waals surface area contributed by atoms with Gasteiger partial charge in [-0.3, -0.25) is 4.79 Å². The van der Waals surface area contributed by atoms with E-state index in [0.29, 0.717) is 12.3 Å². The number of hydrogen-bond donors (Lipinski definition) is 2. The van der Waals surface area contributed by atoms with Crippen LogP contribution in [0.25, 0.3) is 0 Å². The number of amides is 1. The van der Waals surface area contributed by atoms with E-state index >= 15 is 0 Å². The summed E-state index contributed by atoms with van der Waals surface area (Å²) in [4.78, 5) is 12.1. The number of nitrogens with one attached hydrogen (secondary N) is 2. The number of carbonyl (C=O) groups is 1. The van der Waals surface area contributed by atoms with Crippen molar-refractivity contribution in [1.82, 2.24) is 10.0 Å². The molecule has 2 aromatic carbocycles. The van der Waals surface area contributed by atoms with E-state index in [-0.39, 0.29) is 23.5 Å². The van der Waals surface area contributed by atoms with Gasteiger partial charge in [0.2, 0.25) is 10.0 Å². The quantitative estimate of drug-likeness (QED) is 0.644. The number of carbonyl (C=O) groups excluding carboxylic acids is 1. The van der Waals surface area contributed by atoms with E-state index < -0.39 is 21.7 Å². The Kier molecular flexibility index (Phi) is 7.50. The highest BCUT2D eigenvalue weighted by atomic mass is 32.2. The largest absolute Gasteiger partial charge is 0.352 e. The summed E-state index contributed by atoms with van der Waals surface area (Å²) >= 11 is 0. The van der Waals surface area contributed by atoms with Crippen LogP contribution >= 0.6 is 0 Å². The zero-order chi connectivity index (χ0) is 19.9. The normalized spacial score (nSPS) is 11.6. The lowest BCUT2D eigenvalue weighted by atomic mass is 10.0. The smallest absolute Gasteiger partial charge is 0.254 e. The fourth-order valence-electron chi connectivity index (χ4n) is 2.60. The van der Waals surface area contributed by atoms with Crippen LogP contribution in [0.15, 0.2) is 53.4 Å². The minimum absolute atomic E-state index is 0.0282. The van der Waals surface area contributed by atoms with Gasteiger partial charge in [0, 0.05) is 13.1 Å². The molecule has 0 fully saturated rings. The Hall–Kier alpha value is -2.25. The summed E-state index contributed by atoms with van der Waals surface area (Å²) in [5.41, 5.74) is 1.07. The third-order valence-electron chi connectivity index (χ3n) is 3.93. The molecule has 0 atom stereocenters. The number of hydrogen-bond acceptors (Lipinski definition) is 3. The molecule has 0 aromatic heterocycles. The van der Waals surface area contributed by atoms with Gasteiger partial charge >= 0.3 is 0 Å². The van der Waals surface area contributed by atoms with Gasteiger partial charge in [-0.25, -0.2) is 17.5 Å². The van der Waals surface area contributed by atoms with Crippen molar-refractivity contribution in [2.45, 2.75) is 31.6 Å². The molecule has 0 aliphatic carbocycles. The summed E-state index contributed by atoms with van der Waals surface area (Å²) < 4.78 is 40.6. The van der Waals surface area contributed by atoms with Crippen LogP contribution in [0, 0.1) is 11.7 Å².